The minimum atomic E-state index is -0.467. The predicted molar refractivity (Wildman–Crippen MR) is 163 cm³/mol. The number of carbonyl (C=O) groups excluding carboxylic acids is 2. The average Bonchev–Trinajstić information content (AvgIpc) is 2.95. The molecule has 4 rings (SSSR count). The number of benzene rings is 3. The first-order valence-electron chi connectivity index (χ1n) is 13.6. The number of fused-ring (bicyclic) bond motifs is 2. The maximum Gasteiger partial charge on any atom is 0.333 e. The summed E-state index contributed by atoms with van der Waals surface area (Å²) in [5.74, 6) is 0.622. The number of esters is 2. The van der Waals surface area contributed by atoms with E-state index >= 15 is 0 Å². The van der Waals surface area contributed by atoms with Crippen LogP contribution < -0.4 is 9.47 Å². The quantitative estimate of drug-likeness (QED) is 0.166. The maximum atomic E-state index is 12.1. The highest BCUT2D eigenvalue weighted by atomic mass is 32.2. The van der Waals surface area contributed by atoms with Crippen LogP contribution in [-0.2, 0) is 31.9 Å². The highest BCUT2D eigenvalue weighted by Crippen LogP contribution is 2.46. The van der Waals surface area contributed by atoms with Crippen molar-refractivity contribution in [2.75, 3.05) is 13.2 Å². The third kappa shape index (κ3) is 7.61. The van der Waals surface area contributed by atoms with Crippen molar-refractivity contribution in [1.29, 1.82) is 0 Å². The monoisotopic (exact) mass is 572 g/mol. The van der Waals surface area contributed by atoms with Crippen molar-refractivity contribution < 1.29 is 28.5 Å². The van der Waals surface area contributed by atoms with Crippen LogP contribution in [0.25, 0.3) is 10.8 Å². The van der Waals surface area contributed by atoms with E-state index in [2.05, 4.69) is 31.4 Å². The zero-order chi connectivity index (χ0) is 29.5. The number of hydrogen-bond donors (Lipinski definition) is 0. The van der Waals surface area contributed by atoms with Crippen molar-refractivity contribution in [1.82, 2.24) is 0 Å². The van der Waals surface area contributed by atoms with E-state index in [9.17, 15) is 9.59 Å². The normalized spacial score (nSPS) is 13.8. The van der Waals surface area contributed by atoms with Gasteiger partial charge in [0.05, 0.1) is 0 Å². The lowest BCUT2D eigenvalue weighted by Crippen LogP contribution is -2.24. The van der Waals surface area contributed by atoms with E-state index in [-0.39, 0.29) is 13.2 Å². The van der Waals surface area contributed by atoms with Crippen LogP contribution in [0.15, 0.2) is 94.8 Å². The zero-order valence-corrected chi connectivity index (χ0v) is 24.8. The highest BCUT2D eigenvalue weighted by Gasteiger charge is 2.26. The summed E-state index contributed by atoms with van der Waals surface area (Å²) in [5, 5.41) is 1.80. The van der Waals surface area contributed by atoms with Gasteiger partial charge in [0.1, 0.15) is 36.9 Å². The molecule has 0 heterocycles. The molecule has 0 bridgehead atoms. The van der Waals surface area contributed by atoms with Crippen LogP contribution in [0.2, 0.25) is 0 Å². The van der Waals surface area contributed by atoms with Gasteiger partial charge in [-0.2, -0.15) is 0 Å². The lowest BCUT2D eigenvalue weighted by atomic mass is 9.90. The molecule has 7 heteroatoms. The fourth-order valence-corrected chi connectivity index (χ4v) is 5.41. The van der Waals surface area contributed by atoms with Crippen LogP contribution in [0.3, 0.4) is 0 Å². The summed E-state index contributed by atoms with van der Waals surface area (Å²) in [6.45, 7) is 14.5. The molecule has 3 aromatic rings. The third-order valence-corrected chi connectivity index (χ3v) is 7.52. The van der Waals surface area contributed by atoms with E-state index < -0.39 is 24.1 Å². The Morgan fingerprint density at radius 3 is 1.78 bits per heavy atom. The molecule has 0 saturated heterocycles. The summed E-state index contributed by atoms with van der Waals surface area (Å²) in [4.78, 5) is 26.5. The lowest BCUT2D eigenvalue weighted by molar-refractivity contribution is -0.145. The molecule has 0 spiro atoms. The van der Waals surface area contributed by atoms with Crippen LogP contribution in [0.1, 0.15) is 38.8 Å². The molecule has 2 unspecified atom stereocenters. The molecule has 6 nitrogen and oxygen atoms in total. The standard InChI is InChI=1S/C34H36O6S/c1-21(2)33(35)39-23(5)19-37-31-27-14-10-11-15-28(27)32(38-20-24(6)40-34(36)22(3)4)30-18-26(16-17-29(30)31)41-25-12-8-7-9-13-25/h7-16,23-24H,1,3,17-20H2,2,4-6H3. The molecule has 214 valence electrons. The van der Waals surface area contributed by atoms with Gasteiger partial charge in [-0.1, -0.05) is 73.5 Å². The van der Waals surface area contributed by atoms with E-state index in [0.29, 0.717) is 24.0 Å². The number of allylic oxidation sites excluding steroid dienone is 2. The van der Waals surface area contributed by atoms with E-state index in [0.717, 1.165) is 38.3 Å². The summed E-state index contributed by atoms with van der Waals surface area (Å²) in [6.07, 6.45) is 2.61. The Balaban J connectivity index is 1.69. The van der Waals surface area contributed by atoms with Gasteiger partial charge < -0.3 is 18.9 Å². The van der Waals surface area contributed by atoms with Crippen LogP contribution in [-0.4, -0.2) is 37.4 Å². The van der Waals surface area contributed by atoms with Gasteiger partial charge in [-0.05, 0) is 51.2 Å². The summed E-state index contributed by atoms with van der Waals surface area (Å²) in [6, 6.07) is 18.2. The second-order valence-electron chi connectivity index (χ2n) is 10.2. The Hall–Kier alpha value is -3.97. The largest absolute Gasteiger partial charge is 0.489 e. The Morgan fingerprint density at radius 1 is 0.780 bits per heavy atom. The fourth-order valence-electron chi connectivity index (χ4n) is 4.43. The molecule has 0 saturated carbocycles. The third-order valence-electron chi connectivity index (χ3n) is 6.44. The van der Waals surface area contributed by atoms with Gasteiger partial charge in [0.2, 0.25) is 0 Å². The number of rotatable bonds is 12. The van der Waals surface area contributed by atoms with Crippen molar-refractivity contribution >= 4 is 34.5 Å². The Kier molecular flexibility index (Phi) is 9.95. The number of carbonyl (C=O) groups is 2. The van der Waals surface area contributed by atoms with E-state index in [1.807, 2.05) is 42.5 Å². The number of thioether (sulfide) groups is 1. The summed E-state index contributed by atoms with van der Waals surface area (Å²) >= 11 is 1.73. The van der Waals surface area contributed by atoms with Crippen molar-refractivity contribution in [3.05, 3.63) is 101 Å². The Bertz CT molecular complexity index is 1490. The highest BCUT2D eigenvalue weighted by molar-refractivity contribution is 8.03. The Labute approximate surface area is 246 Å². The second-order valence-corrected chi connectivity index (χ2v) is 11.4. The fraction of sp³-hybridized carbons (Fsp3) is 0.294. The van der Waals surface area contributed by atoms with Crippen LogP contribution >= 0.6 is 11.8 Å². The van der Waals surface area contributed by atoms with Gasteiger partial charge in [0.15, 0.2) is 0 Å². The molecule has 0 amide bonds. The summed E-state index contributed by atoms with van der Waals surface area (Å²) in [5.41, 5.74) is 2.75. The van der Waals surface area contributed by atoms with Crippen molar-refractivity contribution in [3.63, 3.8) is 0 Å². The van der Waals surface area contributed by atoms with E-state index in [1.165, 1.54) is 4.91 Å². The van der Waals surface area contributed by atoms with Crippen molar-refractivity contribution in [2.45, 2.75) is 57.6 Å². The molecule has 0 aromatic heterocycles. The lowest BCUT2D eigenvalue weighted by Gasteiger charge is -2.27. The number of hydrogen-bond acceptors (Lipinski definition) is 7. The molecule has 2 atom stereocenters. The minimum Gasteiger partial charge on any atom is -0.489 e. The Morgan fingerprint density at radius 2 is 1.27 bits per heavy atom. The second kappa shape index (κ2) is 13.6. The molecule has 0 fully saturated rings. The first-order valence-corrected chi connectivity index (χ1v) is 14.4. The molecule has 3 aromatic carbocycles. The molecule has 1 aliphatic carbocycles. The molecule has 0 aliphatic heterocycles. The summed E-state index contributed by atoms with van der Waals surface area (Å²) in [7, 11) is 0. The molecule has 0 N–H and O–H groups in total. The zero-order valence-electron chi connectivity index (χ0n) is 24.0. The van der Waals surface area contributed by atoms with Gasteiger partial charge in [-0.15, -0.1) is 0 Å². The first-order chi connectivity index (χ1) is 19.6. The minimum absolute atomic E-state index is 0.189. The predicted octanol–water partition coefficient (Wildman–Crippen LogP) is 7.39. The smallest absolute Gasteiger partial charge is 0.333 e. The van der Waals surface area contributed by atoms with Crippen LogP contribution in [0.4, 0.5) is 0 Å². The topological polar surface area (TPSA) is 71.1 Å². The van der Waals surface area contributed by atoms with E-state index in [4.69, 9.17) is 18.9 Å². The van der Waals surface area contributed by atoms with Gasteiger partial charge in [-0.25, -0.2) is 9.59 Å². The van der Waals surface area contributed by atoms with Crippen LogP contribution in [0, 0.1) is 0 Å². The molecular formula is C34H36O6S. The maximum absolute atomic E-state index is 12.1. The first kappa shape index (κ1) is 30.0. The molecule has 1 aliphatic rings. The molecule has 0 radical (unpaired) electrons. The van der Waals surface area contributed by atoms with Gasteiger partial charge in [0, 0.05) is 44.4 Å². The molecular weight excluding hydrogens is 536 g/mol. The average molecular weight is 573 g/mol. The number of ether oxygens (including phenoxy) is 4. The van der Waals surface area contributed by atoms with E-state index in [1.54, 1.807) is 39.5 Å². The molecule has 41 heavy (non-hydrogen) atoms. The summed E-state index contributed by atoms with van der Waals surface area (Å²) < 4.78 is 23.8. The van der Waals surface area contributed by atoms with Crippen molar-refractivity contribution in [3.8, 4) is 11.5 Å². The van der Waals surface area contributed by atoms with Crippen LogP contribution in [0.5, 0.6) is 11.5 Å². The van der Waals surface area contributed by atoms with Gasteiger partial charge in [-0.3, -0.25) is 0 Å². The van der Waals surface area contributed by atoms with Gasteiger partial charge in [0.25, 0.3) is 0 Å². The SMILES string of the molecule is C=C(C)C(=O)OC(C)COc1c2c(c(OCC(C)OC(=O)C(=C)C)c3ccccc13)CC(Sc1ccccc1)=CC2. The van der Waals surface area contributed by atoms with Crippen molar-refractivity contribution in [2.24, 2.45) is 0 Å². The van der Waals surface area contributed by atoms with Gasteiger partial charge >= 0.3 is 11.9 Å².